The highest BCUT2D eigenvalue weighted by Crippen LogP contribution is 2.25. The van der Waals surface area contributed by atoms with Crippen molar-refractivity contribution in [3.63, 3.8) is 0 Å². The van der Waals surface area contributed by atoms with Gasteiger partial charge >= 0.3 is 5.97 Å². The number of carbonyl (C=O) groups is 3. The van der Waals surface area contributed by atoms with E-state index in [-0.39, 0.29) is 16.4 Å². The van der Waals surface area contributed by atoms with Crippen LogP contribution in [0.5, 0.6) is 0 Å². The van der Waals surface area contributed by atoms with Crippen LogP contribution in [0.3, 0.4) is 0 Å². The minimum atomic E-state index is -0.883. The van der Waals surface area contributed by atoms with Crippen LogP contribution in [0.4, 0.5) is 5.69 Å². The number of H-pyrrole nitrogens is 1. The smallest absolute Gasteiger partial charge is 0.328 e. The first-order chi connectivity index (χ1) is 11.8. The van der Waals surface area contributed by atoms with Crippen molar-refractivity contribution in [2.24, 2.45) is 0 Å². The van der Waals surface area contributed by atoms with Gasteiger partial charge in [-0.1, -0.05) is 23.2 Å². The highest BCUT2D eigenvalue weighted by molar-refractivity contribution is 6.42. The first-order valence-corrected chi connectivity index (χ1v) is 7.77. The molecule has 0 radical (unpaired) electrons. The summed E-state index contributed by atoms with van der Waals surface area (Å²) in [6.07, 6.45) is 1.20. The van der Waals surface area contributed by atoms with Crippen molar-refractivity contribution >= 4 is 46.7 Å². The number of carbonyl (C=O) groups excluding carboxylic acids is 3. The Morgan fingerprint density at radius 1 is 1.20 bits per heavy atom. The number of anilines is 1. The van der Waals surface area contributed by atoms with E-state index in [1.807, 2.05) is 0 Å². The third kappa shape index (κ3) is 4.49. The number of amides is 2. The van der Waals surface area contributed by atoms with Crippen LogP contribution < -0.4 is 10.6 Å². The predicted molar refractivity (Wildman–Crippen MR) is 91.9 cm³/mol. The molecule has 0 spiro atoms. The molecule has 1 heterocycles. The molecular formula is C15H14Cl2N4O4. The molecule has 0 fully saturated rings. The zero-order valence-corrected chi connectivity index (χ0v) is 14.7. The number of imidazole rings is 1. The zero-order valence-electron chi connectivity index (χ0n) is 13.2. The topological polar surface area (TPSA) is 113 Å². The predicted octanol–water partition coefficient (Wildman–Crippen LogP) is 2.26. The maximum absolute atomic E-state index is 12.3. The molecule has 1 aromatic carbocycles. The molecule has 1 atom stereocenters. The minimum absolute atomic E-state index is 0.0895. The van der Waals surface area contributed by atoms with Gasteiger partial charge in [-0.15, -0.1) is 0 Å². The lowest BCUT2D eigenvalue weighted by atomic mass is 10.2. The first-order valence-electron chi connectivity index (χ1n) is 7.02. The number of esters is 1. The lowest BCUT2D eigenvalue weighted by Gasteiger charge is -2.11. The van der Waals surface area contributed by atoms with E-state index < -0.39 is 23.8 Å². The average molecular weight is 385 g/mol. The Labute approximate surface area is 152 Å². The van der Waals surface area contributed by atoms with E-state index in [2.05, 4.69) is 25.3 Å². The highest BCUT2D eigenvalue weighted by Gasteiger charge is 2.24. The number of aromatic amines is 1. The number of aromatic nitrogens is 2. The first kappa shape index (κ1) is 18.8. The molecule has 0 aliphatic carbocycles. The Balaban J connectivity index is 2.14. The second kappa shape index (κ2) is 8.00. The van der Waals surface area contributed by atoms with Crippen molar-refractivity contribution in [2.75, 3.05) is 12.4 Å². The van der Waals surface area contributed by atoms with Gasteiger partial charge in [0.25, 0.3) is 11.8 Å². The van der Waals surface area contributed by atoms with Crippen molar-refractivity contribution in [2.45, 2.75) is 13.0 Å². The second-order valence-corrected chi connectivity index (χ2v) is 5.74. The summed E-state index contributed by atoms with van der Waals surface area (Å²) in [6, 6.07) is 3.66. The average Bonchev–Trinajstić information content (AvgIpc) is 3.07. The SMILES string of the molecule is COC(=O)[C@@H](C)NC(=O)c1[nH]cnc1C(=O)Nc1ccc(Cl)c(Cl)c1. The van der Waals surface area contributed by atoms with E-state index in [4.69, 9.17) is 23.2 Å². The minimum Gasteiger partial charge on any atom is -0.467 e. The van der Waals surface area contributed by atoms with E-state index in [0.717, 1.165) is 0 Å². The molecule has 2 amide bonds. The fourth-order valence-corrected chi connectivity index (χ4v) is 2.21. The van der Waals surface area contributed by atoms with Crippen LogP contribution in [0.1, 0.15) is 27.9 Å². The van der Waals surface area contributed by atoms with E-state index >= 15 is 0 Å². The summed E-state index contributed by atoms with van der Waals surface area (Å²) in [5, 5.41) is 5.58. The van der Waals surface area contributed by atoms with Crippen LogP contribution in [-0.4, -0.2) is 40.9 Å². The van der Waals surface area contributed by atoms with Crippen LogP contribution in [-0.2, 0) is 9.53 Å². The summed E-state index contributed by atoms with van der Waals surface area (Å²) in [6.45, 7) is 1.45. The van der Waals surface area contributed by atoms with Gasteiger partial charge < -0.3 is 20.4 Å². The van der Waals surface area contributed by atoms with Gasteiger partial charge in [-0.05, 0) is 25.1 Å². The molecule has 0 saturated heterocycles. The lowest BCUT2D eigenvalue weighted by Crippen LogP contribution is -2.40. The molecule has 1 aromatic heterocycles. The number of methoxy groups -OCH3 is 1. The monoisotopic (exact) mass is 384 g/mol. The number of rotatable bonds is 5. The number of halogens is 2. The summed E-state index contributed by atoms with van der Waals surface area (Å²) < 4.78 is 4.53. The highest BCUT2D eigenvalue weighted by atomic mass is 35.5. The molecule has 10 heteroatoms. The normalized spacial score (nSPS) is 11.5. The van der Waals surface area contributed by atoms with E-state index in [1.165, 1.54) is 32.5 Å². The quantitative estimate of drug-likeness (QED) is 0.684. The summed E-state index contributed by atoms with van der Waals surface area (Å²) >= 11 is 11.7. The van der Waals surface area contributed by atoms with Gasteiger partial charge in [0.2, 0.25) is 0 Å². The third-order valence-electron chi connectivity index (χ3n) is 3.16. The molecule has 0 unspecified atom stereocenters. The molecule has 3 N–H and O–H groups in total. The third-order valence-corrected chi connectivity index (χ3v) is 3.90. The lowest BCUT2D eigenvalue weighted by molar-refractivity contribution is -0.142. The Morgan fingerprint density at radius 3 is 2.56 bits per heavy atom. The van der Waals surface area contributed by atoms with Gasteiger partial charge in [0.1, 0.15) is 11.7 Å². The molecule has 132 valence electrons. The molecule has 0 bridgehead atoms. The second-order valence-electron chi connectivity index (χ2n) is 4.93. The number of nitrogens with zero attached hydrogens (tertiary/aromatic N) is 1. The molecule has 25 heavy (non-hydrogen) atoms. The number of hydrogen-bond donors (Lipinski definition) is 3. The van der Waals surface area contributed by atoms with Crippen molar-refractivity contribution in [1.29, 1.82) is 0 Å². The van der Waals surface area contributed by atoms with E-state index in [1.54, 1.807) is 6.07 Å². The van der Waals surface area contributed by atoms with Gasteiger partial charge in [0.15, 0.2) is 5.69 Å². The molecule has 0 saturated carbocycles. The van der Waals surface area contributed by atoms with Crippen LogP contribution in [0.15, 0.2) is 24.5 Å². The van der Waals surface area contributed by atoms with Crippen LogP contribution in [0.2, 0.25) is 10.0 Å². The summed E-state index contributed by atoms with van der Waals surface area (Å²) in [7, 11) is 1.21. The fourth-order valence-electron chi connectivity index (χ4n) is 1.91. The number of benzene rings is 1. The standard InChI is InChI=1S/C15H14Cl2N4O4/c1-7(15(24)25-2)20-13(22)11-12(19-6-18-11)14(23)21-8-3-4-9(16)10(17)5-8/h3-7H,1-2H3,(H,18,19)(H,20,22)(H,21,23)/t7-/m1/s1. The largest absolute Gasteiger partial charge is 0.467 e. The Hall–Kier alpha value is -2.58. The maximum atomic E-state index is 12.3. The van der Waals surface area contributed by atoms with Crippen LogP contribution >= 0.6 is 23.2 Å². The van der Waals surface area contributed by atoms with Gasteiger partial charge in [0, 0.05) is 5.69 Å². The van der Waals surface area contributed by atoms with Crippen LogP contribution in [0, 0.1) is 0 Å². The molecule has 2 rings (SSSR count). The fraction of sp³-hybridized carbons (Fsp3) is 0.200. The number of hydrogen-bond acceptors (Lipinski definition) is 5. The number of nitrogens with one attached hydrogen (secondary N) is 3. The Bertz CT molecular complexity index is 822. The Morgan fingerprint density at radius 2 is 1.92 bits per heavy atom. The Kier molecular flexibility index (Phi) is 6.00. The van der Waals surface area contributed by atoms with Gasteiger partial charge in [-0.3, -0.25) is 9.59 Å². The summed E-state index contributed by atoms with van der Waals surface area (Å²) in [4.78, 5) is 42.3. The van der Waals surface area contributed by atoms with Crippen molar-refractivity contribution in [1.82, 2.24) is 15.3 Å². The van der Waals surface area contributed by atoms with Crippen molar-refractivity contribution < 1.29 is 19.1 Å². The molecule has 8 nitrogen and oxygen atoms in total. The van der Waals surface area contributed by atoms with Crippen LogP contribution in [0.25, 0.3) is 0 Å². The van der Waals surface area contributed by atoms with Crippen molar-refractivity contribution in [3.05, 3.63) is 46.0 Å². The maximum Gasteiger partial charge on any atom is 0.328 e. The van der Waals surface area contributed by atoms with E-state index in [0.29, 0.717) is 10.7 Å². The molecule has 0 aliphatic heterocycles. The zero-order chi connectivity index (χ0) is 18.6. The van der Waals surface area contributed by atoms with Crippen molar-refractivity contribution in [3.8, 4) is 0 Å². The van der Waals surface area contributed by atoms with E-state index in [9.17, 15) is 14.4 Å². The van der Waals surface area contributed by atoms with Gasteiger partial charge in [0.05, 0.1) is 23.5 Å². The summed E-state index contributed by atoms with van der Waals surface area (Å²) in [5.74, 6) is -1.92. The number of ether oxygens (including phenoxy) is 1. The van der Waals surface area contributed by atoms with Gasteiger partial charge in [-0.25, -0.2) is 9.78 Å². The van der Waals surface area contributed by atoms with Gasteiger partial charge in [-0.2, -0.15) is 0 Å². The summed E-state index contributed by atoms with van der Waals surface area (Å²) in [5.41, 5.74) is 0.158. The molecule has 0 aliphatic rings. The molecule has 2 aromatic rings. The molecular weight excluding hydrogens is 371 g/mol.